The van der Waals surface area contributed by atoms with E-state index in [-0.39, 0.29) is 0 Å². The summed E-state index contributed by atoms with van der Waals surface area (Å²) in [6, 6.07) is 9.48. The van der Waals surface area contributed by atoms with Crippen LogP contribution in [0, 0.1) is 0 Å². The van der Waals surface area contributed by atoms with E-state index in [1.165, 1.54) is 42.1 Å². The summed E-state index contributed by atoms with van der Waals surface area (Å²) in [4.78, 5) is 0. The largest absolute Gasteiger partial charge is 0.347 e. The third-order valence-electron chi connectivity index (χ3n) is 4.15. The van der Waals surface area contributed by atoms with Gasteiger partial charge in [0.1, 0.15) is 0 Å². The molecule has 1 heterocycles. The van der Waals surface area contributed by atoms with Gasteiger partial charge in [0.05, 0.1) is 0 Å². The van der Waals surface area contributed by atoms with Crippen molar-refractivity contribution < 1.29 is 0 Å². The number of hydrogen-bond acceptors (Lipinski definition) is 1. The molecule has 0 atom stereocenters. The molecule has 0 saturated heterocycles. The van der Waals surface area contributed by atoms with Crippen LogP contribution in [0.25, 0.3) is 10.9 Å². The molecule has 0 aliphatic heterocycles. The summed E-state index contributed by atoms with van der Waals surface area (Å²) < 4.78 is 2.35. The summed E-state index contributed by atoms with van der Waals surface area (Å²) in [6.45, 7) is 4.27. The lowest BCUT2D eigenvalue weighted by atomic mass is 10.1. The van der Waals surface area contributed by atoms with Crippen molar-refractivity contribution in [3.05, 3.63) is 36.0 Å². The molecule has 96 valence electrons. The molecule has 1 aromatic heterocycles. The van der Waals surface area contributed by atoms with Crippen LogP contribution in [0.1, 0.15) is 38.2 Å². The lowest BCUT2D eigenvalue weighted by Gasteiger charge is -2.10. The average Bonchev–Trinajstić information content (AvgIpc) is 3.04. The zero-order valence-corrected chi connectivity index (χ0v) is 11.2. The molecule has 1 fully saturated rings. The SMILES string of the molecule is CCn1cc(CNC2CCCC2)c2ccccc21. The number of aromatic nitrogens is 1. The molecule has 2 aromatic rings. The standard InChI is InChI=1S/C16H22N2/c1-2-18-12-13(11-17-14-7-3-4-8-14)15-9-5-6-10-16(15)18/h5-6,9-10,12,14,17H,2-4,7-8,11H2,1H3. The predicted molar refractivity (Wildman–Crippen MR) is 76.7 cm³/mol. The van der Waals surface area contributed by atoms with Gasteiger partial charge in [0.15, 0.2) is 0 Å². The summed E-state index contributed by atoms with van der Waals surface area (Å²) in [5.74, 6) is 0. The second kappa shape index (κ2) is 5.15. The first-order valence-corrected chi connectivity index (χ1v) is 7.18. The van der Waals surface area contributed by atoms with Gasteiger partial charge in [0.2, 0.25) is 0 Å². The first kappa shape index (κ1) is 11.8. The monoisotopic (exact) mass is 242 g/mol. The van der Waals surface area contributed by atoms with Gasteiger partial charge < -0.3 is 9.88 Å². The van der Waals surface area contributed by atoms with Gasteiger partial charge in [-0.15, -0.1) is 0 Å². The molecule has 1 saturated carbocycles. The highest BCUT2D eigenvalue weighted by Gasteiger charge is 2.15. The normalized spacial score (nSPS) is 16.7. The molecule has 0 bridgehead atoms. The lowest BCUT2D eigenvalue weighted by Crippen LogP contribution is -2.25. The van der Waals surface area contributed by atoms with Gasteiger partial charge >= 0.3 is 0 Å². The number of benzene rings is 1. The minimum absolute atomic E-state index is 0.744. The van der Waals surface area contributed by atoms with Crippen LogP contribution >= 0.6 is 0 Å². The van der Waals surface area contributed by atoms with Crippen molar-refractivity contribution in [3.63, 3.8) is 0 Å². The smallest absolute Gasteiger partial charge is 0.0483 e. The Kier molecular flexibility index (Phi) is 3.37. The van der Waals surface area contributed by atoms with E-state index in [0.29, 0.717) is 0 Å². The maximum atomic E-state index is 3.71. The van der Waals surface area contributed by atoms with Crippen molar-refractivity contribution in [2.24, 2.45) is 0 Å². The zero-order valence-electron chi connectivity index (χ0n) is 11.2. The Morgan fingerprint density at radius 2 is 2.00 bits per heavy atom. The van der Waals surface area contributed by atoms with E-state index in [2.05, 4.69) is 47.3 Å². The molecule has 2 heteroatoms. The fourth-order valence-corrected chi connectivity index (χ4v) is 3.11. The minimum Gasteiger partial charge on any atom is -0.347 e. The van der Waals surface area contributed by atoms with Gasteiger partial charge in [-0.2, -0.15) is 0 Å². The van der Waals surface area contributed by atoms with Gasteiger partial charge in [-0.1, -0.05) is 31.0 Å². The Labute approximate surface area is 109 Å². The fraction of sp³-hybridized carbons (Fsp3) is 0.500. The van der Waals surface area contributed by atoms with Gasteiger partial charge in [0.25, 0.3) is 0 Å². The number of hydrogen-bond donors (Lipinski definition) is 1. The molecular weight excluding hydrogens is 220 g/mol. The second-order valence-electron chi connectivity index (χ2n) is 5.32. The molecule has 1 aliphatic carbocycles. The summed E-state index contributed by atoms with van der Waals surface area (Å²) in [6.07, 6.45) is 7.81. The second-order valence-corrected chi connectivity index (χ2v) is 5.32. The molecule has 0 unspecified atom stereocenters. The molecule has 0 radical (unpaired) electrons. The number of para-hydroxylation sites is 1. The highest BCUT2D eigenvalue weighted by molar-refractivity contribution is 5.83. The highest BCUT2D eigenvalue weighted by atomic mass is 15.0. The maximum Gasteiger partial charge on any atom is 0.0483 e. The van der Waals surface area contributed by atoms with Crippen molar-refractivity contribution >= 4 is 10.9 Å². The number of fused-ring (bicyclic) bond motifs is 1. The van der Waals surface area contributed by atoms with Crippen LogP contribution in [0.2, 0.25) is 0 Å². The van der Waals surface area contributed by atoms with Crippen LogP contribution in [-0.4, -0.2) is 10.6 Å². The van der Waals surface area contributed by atoms with E-state index in [0.717, 1.165) is 19.1 Å². The van der Waals surface area contributed by atoms with Gasteiger partial charge in [-0.3, -0.25) is 0 Å². The van der Waals surface area contributed by atoms with Crippen LogP contribution < -0.4 is 5.32 Å². The van der Waals surface area contributed by atoms with Crippen molar-refractivity contribution in [3.8, 4) is 0 Å². The third-order valence-corrected chi connectivity index (χ3v) is 4.15. The zero-order chi connectivity index (χ0) is 12.4. The van der Waals surface area contributed by atoms with Crippen LogP contribution in [-0.2, 0) is 13.1 Å². The van der Waals surface area contributed by atoms with E-state index in [4.69, 9.17) is 0 Å². The quantitative estimate of drug-likeness (QED) is 0.865. The van der Waals surface area contributed by atoms with E-state index >= 15 is 0 Å². The number of nitrogens with zero attached hydrogens (tertiary/aromatic N) is 1. The summed E-state index contributed by atoms with van der Waals surface area (Å²) in [5.41, 5.74) is 2.81. The number of aryl methyl sites for hydroxylation is 1. The van der Waals surface area contributed by atoms with Crippen molar-refractivity contribution in [2.45, 2.75) is 51.7 Å². The minimum atomic E-state index is 0.744. The Morgan fingerprint density at radius 1 is 1.22 bits per heavy atom. The Bertz CT molecular complexity index is 521. The average molecular weight is 242 g/mol. The van der Waals surface area contributed by atoms with E-state index in [1.807, 2.05) is 0 Å². The fourth-order valence-electron chi connectivity index (χ4n) is 3.11. The summed E-state index contributed by atoms with van der Waals surface area (Å²) >= 11 is 0. The molecule has 1 aromatic carbocycles. The third kappa shape index (κ3) is 2.17. The summed E-state index contributed by atoms with van der Waals surface area (Å²) in [5, 5.41) is 5.12. The molecule has 0 amide bonds. The first-order chi connectivity index (χ1) is 8.88. The Balaban J connectivity index is 1.82. The van der Waals surface area contributed by atoms with Crippen LogP contribution in [0.4, 0.5) is 0 Å². The van der Waals surface area contributed by atoms with E-state index in [1.54, 1.807) is 0 Å². The van der Waals surface area contributed by atoms with E-state index < -0.39 is 0 Å². The number of rotatable bonds is 4. The molecule has 3 rings (SSSR count). The van der Waals surface area contributed by atoms with Gasteiger partial charge in [-0.05, 0) is 31.4 Å². The predicted octanol–water partition coefficient (Wildman–Crippen LogP) is 3.69. The Hall–Kier alpha value is -1.28. The molecule has 18 heavy (non-hydrogen) atoms. The highest BCUT2D eigenvalue weighted by Crippen LogP contribution is 2.23. The van der Waals surface area contributed by atoms with Crippen LogP contribution in [0.5, 0.6) is 0 Å². The number of nitrogens with one attached hydrogen (secondary N) is 1. The van der Waals surface area contributed by atoms with Gasteiger partial charge in [-0.25, -0.2) is 0 Å². The van der Waals surface area contributed by atoms with Crippen LogP contribution in [0.3, 0.4) is 0 Å². The molecule has 0 spiro atoms. The molecule has 1 N–H and O–H groups in total. The molecule has 1 aliphatic rings. The topological polar surface area (TPSA) is 17.0 Å². The summed E-state index contributed by atoms with van der Waals surface area (Å²) in [7, 11) is 0. The Morgan fingerprint density at radius 3 is 2.78 bits per heavy atom. The first-order valence-electron chi connectivity index (χ1n) is 7.18. The van der Waals surface area contributed by atoms with Gasteiger partial charge in [0, 0.05) is 36.2 Å². The van der Waals surface area contributed by atoms with Crippen molar-refractivity contribution in [1.29, 1.82) is 0 Å². The molecular formula is C16H22N2. The van der Waals surface area contributed by atoms with Crippen molar-refractivity contribution in [2.75, 3.05) is 0 Å². The van der Waals surface area contributed by atoms with Crippen molar-refractivity contribution in [1.82, 2.24) is 9.88 Å². The van der Waals surface area contributed by atoms with E-state index in [9.17, 15) is 0 Å². The van der Waals surface area contributed by atoms with Crippen LogP contribution in [0.15, 0.2) is 30.5 Å². The lowest BCUT2D eigenvalue weighted by molar-refractivity contribution is 0.525. The molecule has 2 nitrogen and oxygen atoms in total. The maximum absolute atomic E-state index is 3.71.